The van der Waals surface area contributed by atoms with E-state index in [-0.39, 0.29) is 24.3 Å². The molecule has 23 heavy (non-hydrogen) atoms. The van der Waals surface area contributed by atoms with Gasteiger partial charge in [0.05, 0.1) is 35.8 Å². The van der Waals surface area contributed by atoms with Gasteiger partial charge in [0.2, 0.25) is 0 Å². The summed E-state index contributed by atoms with van der Waals surface area (Å²) in [5.41, 5.74) is -0.365. The molecule has 9 nitrogen and oxygen atoms in total. The average Bonchev–Trinajstić information content (AvgIpc) is 3.08. The SMILES string of the molecule is Cc1cc2c(=O)n(CC(O)Cn3cc([N+](=O)[O-])cn3)cnc2s1. The van der Waals surface area contributed by atoms with E-state index in [9.17, 15) is 20.0 Å². The Labute approximate surface area is 133 Å². The van der Waals surface area contributed by atoms with Crippen LogP contribution in [0.25, 0.3) is 10.2 Å². The summed E-state index contributed by atoms with van der Waals surface area (Å²) in [5.74, 6) is 0. The maximum Gasteiger partial charge on any atom is 0.306 e. The van der Waals surface area contributed by atoms with Gasteiger partial charge in [0, 0.05) is 4.88 Å². The molecule has 10 heteroatoms. The number of aryl methyl sites for hydroxylation is 1. The van der Waals surface area contributed by atoms with Gasteiger partial charge >= 0.3 is 5.69 Å². The summed E-state index contributed by atoms with van der Waals surface area (Å²) in [7, 11) is 0. The molecule has 1 N–H and O–H groups in total. The molecule has 3 aromatic rings. The largest absolute Gasteiger partial charge is 0.389 e. The lowest BCUT2D eigenvalue weighted by Crippen LogP contribution is -2.29. The Morgan fingerprint density at radius 2 is 2.26 bits per heavy atom. The summed E-state index contributed by atoms with van der Waals surface area (Å²) in [6.45, 7) is 1.97. The van der Waals surface area contributed by atoms with Gasteiger partial charge < -0.3 is 5.11 Å². The molecule has 0 aliphatic carbocycles. The number of aliphatic hydroxyl groups excluding tert-OH is 1. The number of fused-ring (bicyclic) bond motifs is 1. The van der Waals surface area contributed by atoms with E-state index in [0.29, 0.717) is 10.2 Å². The standard InChI is InChI=1S/C13H13N5O4S/c1-8-2-11-12(23-8)14-7-16(13(11)20)5-10(19)6-17-4-9(3-15-17)18(21)22/h2-4,7,10,19H,5-6H2,1H3. The van der Waals surface area contributed by atoms with Crippen molar-refractivity contribution >= 4 is 27.2 Å². The Morgan fingerprint density at radius 1 is 1.48 bits per heavy atom. The van der Waals surface area contributed by atoms with Crippen molar-refractivity contribution in [2.24, 2.45) is 0 Å². The molecule has 0 fully saturated rings. The van der Waals surface area contributed by atoms with E-state index in [1.165, 1.54) is 33.1 Å². The van der Waals surface area contributed by atoms with Crippen molar-refractivity contribution < 1.29 is 10.0 Å². The number of rotatable bonds is 5. The first kappa shape index (κ1) is 15.3. The van der Waals surface area contributed by atoms with Crippen LogP contribution < -0.4 is 5.56 Å². The minimum Gasteiger partial charge on any atom is -0.389 e. The summed E-state index contributed by atoms with van der Waals surface area (Å²) in [5, 5.41) is 25.0. The summed E-state index contributed by atoms with van der Waals surface area (Å²) in [6.07, 6.45) is 2.82. The molecule has 3 aromatic heterocycles. The Balaban J connectivity index is 1.76. The van der Waals surface area contributed by atoms with Crippen LogP contribution in [-0.2, 0) is 13.1 Å². The van der Waals surface area contributed by atoms with E-state index in [1.54, 1.807) is 6.07 Å². The van der Waals surface area contributed by atoms with Crippen LogP contribution in [0.15, 0.2) is 29.6 Å². The van der Waals surface area contributed by atoms with Crippen LogP contribution in [-0.4, -0.2) is 35.5 Å². The number of aromatic nitrogens is 4. The summed E-state index contributed by atoms with van der Waals surface area (Å²) >= 11 is 1.44. The van der Waals surface area contributed by atoms with Gasteiger partial charge in [-0.3, -0.25) is 24.2 Å². The molecule has 1 atom stereocenters. The number of hydrogen-bond donors (Lipinski definition) is 1. The van der Waals surface area contributed by atoms with Gasteiger partial charge in [-0.1, -0.05) is 0 Å². The highest BCUT2D eigenvalue weighted by Crippen LogP contribution is 2.19. The minimum absolute atomic E-state index is 0.0321. The first-order valence-electron chi connectivity index (χ1n) is 6.74. The third-order valence-electron chi connectivity index (χ3n) is 3.28. The molecule has 0 aliphatic heterocycles. The van der Waals surface area contributed by atoms with Crippen molar-refractivity contribution in [1.82, 2.24) is 19.3 Å². The van der Waals surface area contributed by atoms with E-state index in [0.717, 1.165) is 11.1 Å². The zero-order chi connectivity index (χ0) is 16.6. The Hall–Kier alpha value is -2.59. The molecule has 0 saturated heterocycles. The number of thiophene rings is 1. The van der Waals surface area contributed by atoms with Crippen molar-refractivity contribution in [2.75, 3.05) is 0 Å². The second-order valence-electron chi connectivity index (χ2n) is 5.11. The molecule has 0 amide bonds. The third kappa shape index (κ3) is 3.12. The zero-order valence-corrected chi connectivity index (χ0v) is 12.9. The van der Waals surface area contributed by atoms with E-state index in [4.69, 9.17) is 0 Å². The fraction of sp³-hybridized carbons (Fsp3) is 0.308. The van der Waals surface area contributed by atoms with Crippen LogP contribution in [0.3, 0.4) is 0 Å². The van der Waals surface area contributed by atoms with Gasteiger partial charge in [-0.15, -0.1) is 11.3 Å². The maximum absolute atomic E-state index is 12.3. The van der Waals surface area contributed by atoms with E-state index < -0.39 is 11.0 Å². The molecule has 0 spiro atoms. The fourth-order valence-corrected chi connectivity index (χ4v) is 3.10. The lowest BCUT2D eigenvalue weighted by Gasteiger charge is -2.12. The topological polar surface area (TPSA) is 116 Å². The van der Waals surface area contributed by atoms with Crippen molar-refractivity contribution in [2.45, 2.75) is 26.1 Å². The van der Waals surface area contributed by atoms with Gasteiger partial charge in [0.25, 0.3) is 5.56 Å². The summed E-state index contributed by atoms with van der Waals surface area (Å²) < 4.78 is 2.60. The first-order chi connectivity index (χ1) is 10.9. The second kappa shape index (κ2) is 5.89. The summed E-state index contributed by atoms with van der Waals surface area (Å²) in [6, 6.07) is 1.77. The minimum atomic E-state index is -0.925. The van der Waals surface area contributed by atoms with Crippen LogP contribution in [0.4, 0.5) is 5.69 Å². The molecule has 0 aliphatic rings. The highest BCUT2D eigenvalue weighted by atomic mass is 32.1. The monoisotopic (exact) mass is 335 g/mol. The molecule has 120 valence electrons. The van der Waals surface area contributed by atoms with Crippen LogP contribution in [0, 0.1) is 17.0 Å². The maximum atomic E-state index is 12.3. The lowest BCUT2D eigenvalue weighted by atomic mass is 10.3. The molecule has 3 heterocycles. The van der Waals surface area contributed by atoms with Crippen LogP contribution in [0.1, 0.15) is 4.88 Å². The van der Waals surface area contributed by atoms with E-state index in [2.05, 4.69) is 10.1 Å². The summed E-state index contributed by atoms with van der Waals surface area (Å²) in [4.78, 5) is 28.2. The van der Waals surface area contributed by atoms with Crippen molar-refractivity contribution in [3.8, 4) is 0 Å². The van der Waals surface area contributed by atoms with Crippen molar-refractivity contribution in [3.63, 3.8) is 0 Å². The fourth-order valence-electron chi connectivity index (χ4n) is 2.26. The number of aliphatic hydroxyl groups is 1. The highest BCUT2D eigenvalue weighted by molar-refractivity contribution is 7.18. The van der Waals surface area contributed by atoms with Gasteiger partial charge in [-0.05, 0) is 13.0 Å². The normalized spacial score (nSPS) is 12.6. The molecule has 3 rings (SSSR count). The molecule has 0 aromatic carbocycles. The smallest absolute Gasteiger partial charge is 0.306 e. The molecule has 0 saturated carbocycles. The zero-order valence-electron chi connectivity index (χ0n) is 12.1. The quantitative estimate of drug-likeness (QED) is 0.548. The first-order valence-corrected chi connectivity index (χ1v) is 7.56. The second-order valence-corrected chi connectivity index (χ2v) is 6.34. The van der Waals surface area contributed by atoms with Gasteiger partial charge in [-0.25, -0.2) is 4.98 Å². The lowest BCUT2D eigenvalue weighted by molar-refractivity contribution is -0.385. The van der Waals surface area contributed by atoms with Crippen LogP contribution in [0.5, 0.6) is 0 Å². The molecule has 0 radical (unpaired) electrons. The predicted octanol–water partition coefficient (Wildman–Crippen LogP) is 0.932. The molecular weight excluding hydrogens is 322 g/mol. The third-order valence-corrected chi connectivity index (χ3v) is 4.24. The molecule has 0 bridgehead atoms. The molecular formula is C13H13N5O4S. The van der Waals surface area contributed by atoms with E-state index >= 15 is 0 Å². The number of hydrogen-bond acceptors (Lipinski definition) is 7. The van der Waals surface area contributed by atoms with Crippen molar-refractivity contribution in [1.29, 1.82) is 0 Å². The van der Waals surface area contributed by atoms with E-state index in [1.807, 2.05) is 6.92 Å². The number of nitro groups is 1. The van der Waals surface area contributed by atoms with Gasteiger partial charge in [0.1, 0.15) is 17.2 Å². The molecule has 1 unspecified atom stereocenters. The predicted molar refractivity (Wildman–Crippen MR) is 83.5 cm³/mol. The Morgan fingerprint density at radius 3 is 2.96 bits per heavy atom. The Kier molecular flexibility index (Phi) is 3.92. The van der Waals surface area contributed by atoms with Gasteiger partial charge in [0.15, 0.2) is 0 Å². The highest BCUT2D eigenvalue weighted by Gasteiger charge is 2.14. The van der Waals surface area contributed by atoms with Crippen LogP contribution >= 0.6 is 11.3 Å². The average molecular weight is 335 g/mol. The van der Waals surface area contributed by atoms with Gasteiger partial charge in [-0.2, -0.15) is 5.10 Å². The number of nitrogens with zero attached hydrogens (tertiary/aromatic N) is 5. The van der Waals surface area contributed by atoms with Crippen molar-refractivity contribution in [3.05, 3.63) is 50.1 Å². The Bertz CT molecular complexity index is 928. The van der Waals surface area contributed by atoms with Crippen LogP contribution in [0.2, 0.25) is 0 Å².